The number of aromatic nitrogens is 1. The number of carbonyl (C=O) groups is 1. The summed E-state index contributed by atoms with van der Waals surface area (Å²) in [5, 5.41) is 14.4. The van der Waals surface area contributed by atoms with Crippen molar-refractivity contribution in [2.75, 3.05) is 13.1 Å². The van der Waals surface area contributed by atoms with Gasteiger partial charge in [0.15, 0.2) is 5.69 Å². The van der Waals surface area contributed by atoms with Gasteiger partial charge in [0.1, 0.15) is 11.4 Å². The zero-order chi connectivity index (χ0) is 14.2. The summed E-state index contributed by atoms with van der Waals surface area (Å²) in [7, 11) is 0. The molecule has 0 bridgehead atoms. The highest BCUT2D eigenvalue weighted by atomic mass is 16.5. The molecule has 0 saturated carbocycles. The molecule has 0 aliphatic carbocycles. The highest BCUT2D eigenvalue weighted by molar-refractivity contribution is 5.92. The lowest BCUT2D eigenvalue weighted by Gasteiger charge is -2.23. The van der Waals surface area contributed by atoms with Gasteiger partial charge in [-0.2, -0.15) is 0 Å². The van der Waals surface area contributed by atoms with Gasteiger partial charge >= 0.3 is 0 Å². The molecule has 3 rings (SSSR count). The van der Waals surface area contributed by atoms with E-state index in [0.717, 1.165) is 5.56 Å². The van der Waals surface area contributed by atoms with Gasteiger partial charge in [0.25, 0.3) is 5.91 Å². The molecule has 1 aliphatic rings. The number of hydrogen-bond acceptors (Lipinski definition) is 4. The number of nitrogens with zero attached hydrogens (tertiary/aromatic N) is 2. The van der Waals surface area contributed by atoms with Crippen molar-refractivity contribution in [1.82, 2.24) is 10.1 Å². The van der Waals surface area contributed by atoms with Crippen LogP contribution in [-0.4, -0.2) is 34.2 Å². The Morgan fingerprint density at radius 2 is 2.15 bits per heavy atom. The van der Waals surface area contributed by atoms with Crippen molar-refractivity contribution in [1.29, 1.82) is 0 Å². The Morgan fingerprint density at radius 1 is 1.40 bits per heavy atom. The van der Waals surface area contributed by atoms with Gasteiger partial charge in [0.05, 0.1) is 6.54 Å². The second-order valence-corrected chi connectivity index (χ2v) is 5.20. The fourth-order valence-corrected chi connectivity index (χ4v) is 2.58. The van der Waals surface area contributed by atoms with Crippen molar-refractivity contribution in [3.8, 4) is 0 Å². The molecule has 104 valence electrons. The van der Waals surface area contributed by atoms with Gasteiger partial charge < -0.3 is 14.5 Å². The average molecular weight is 272 g/mol. The monoisotopic (exact) mass is 272 g/mol. The van der Waals surface area contributed by atoms with Crippen LogP contribution in [0.3, 0.4) is 0 Å². The molecule has 2 heterocycles. The third-order valence-electron chi connectivity index (χ3n) is 3.69. The first kappa shape index (κ1) is 12.9. The van der Waals surface area contributed by atoms with E-state index in [1.807, 2.05) is 30.3 Å². The molecule has 2 aromatic rings. The molecule has 1 N–H and O–H groups in total. The van der Waals surface area contributed by atoms with E-state index in [-0.39, 0.29) is 12.5 Å². The van der Waals surface area contributed by atoms with Crippen LogP contribution in [0.25, 0.3) is 0 Å². The summed E-state index contributed by atoms with van der Waals surface area (Å²) in [6.07, 6.45) is 0.527. The molecule has 5 nitrogen and oxygen atoms in total. The zero-order valence-electron chi connectivity index (χ0n) is 11.2. The fourth-order valence-electron chi connectivity index (χ4n) is 2.58. The van der Waals surface area contributed by atoms with Crippen molar-refractivity contribution in [2.45, 2.75) is 18.9 Å². The second kappa shape index (κ2) is 4.76. The number of hydrogen-bond donors (Lipinski definition) is 1. The maximum Gasteiger partial charge on any atom is 0.276 e. The quantitative estimate of drug-likeness (QED) is 0.904. The first-order chi connectivity index (χ1) is 9.58. The van der Waals surface area contributed by atoms with Gasteiger partial charge in [0.2, 0.25) is 0 Å². The number of benzene rings is 1. The Labute approximate surface area is 116 Å². The molecule has 0 radical (unpaired) electrons. The van der Waals surface area contributed by atoms with E-state index in [4.69, 9.17) is 4.52 Å². The van der Waals surface area contributed by atoms with Crippen molar-refractivity contribution < 1.29 is 14.4 Å². The zero-order valence-corrected chi connectivity index (χ0v) is 11.2. The number of rotatable bonds is 2. The summed E-state index contributed by atoms with van der Waals surface area (Å²) in [5.41, 5.74) is 0.154. The molecular formula is C15H16N2O3. The third kappa shape index (κ3) is 2.20. The van der Waals surface area contributed by atoms with E-state index in [9.17, 15) is 9.90 Å². The standard InChI is InChI=1S/C15H16N2O3/c1-11-9-13(16-20-11)14(18)17-8-7-15(19,10-17)12-5-3-2-4-6-12/h2-6,9,19H,7-8,10H2,1H3/t15-/m0/s1. The minimum atomic E-state index is -0.976. The minimum Gasteiger partial charge on any atom is -0.383 e. The maximum atomic E-state index is 12.3. The number of aliphatic hydroxyl groups is 1. The van der Waals surface area contributed by atoms with E-state index in [1.165, 1.54) is 0 Å². The highest BCUT2D eigenvalue weighted by Crippen LogP contribution is 2.32. The second-order valence-electron chi connectivity index (χ2n) is 5.20. The summed E-state index contributed by atoms with van der Waals surface area (Å²) < 4.78 is 4.92. The van der Waals surface area contributed by atoms with Gasteiger partial charge in [-0.25, -0.2) is 0 Å². The normalized spacial score (nSPS) is 22.2. The average Bonchev–Trinajstić information content (AvgIpc) is 3.07. The van der Waals surface area contributed by atoms with Crippen LogP contribution in [-0.2, 0) is 5.60 Å². The molecule has 1 atom stereocenters. The molecule has 1 aromatic heterocycles. The van der Waals surface area contributed by atoms with E-state index < -0.39 is 5.60 Å². The van der Waals surface area contributed by atoms with E-state index >= 15 is 0 Å². The molecule has 20 heavy (non-hydrogen) atoms. The molecule has 1 aliphatic heterocycles. The van der Waals surface area contributed by atoms with Gasteiger partial charge in [-0.05, 0) is 18.9 Å². The van der Waals surface area contributed by atoms with Crippen LogP contribution in [0.4, 0.5) is 0 Å². The molecule has 1 fully saturated rings. The Hall–Kier alpha value is -2.14. The van der Waals surface area contributed by atoms with Crippen LogP contribution >= 0.6 is 0 Å². The number of likely N-dealkylation sites (tertiary alicyclic amines) is 1. The minimum absolute atomic E-state index is 0.200. The number of carbonyl (C=O) groups excluding carboxylic acids is 1. The lowest BCUT2D eigenvalue weighted by Crippen LogP contribution is -2.34. The first-order valence-corrected chi connectivity index (χ1v) is 6.59. The number of amides is 1. The van der Waals surface area contributed by atoms with Gasteiger partial charge in [-0.3, -0.25) is 4.79 Å². The van der Waals surface area contributed by atoms with E-state index in [2.05, 4.69) is 5.16 Å². The molecular weight excluding hydrogens is 256 g/mol. The SMILES string of the molecule is Cc1cc(C(=O)N2CC[C@@](O)(c3ccccc3)C2)no1. The van der Waals surface area contributed by atoms with Crippen LogP contribution in [0.5, 0.6) is 0 Å². The van der Waals surface area contributed by atoms with E-state index in [1.54, 1.807) is 17.9 Å². The fraction of sp³-hybridized carbons (Fsp3) is 0.333. The molecule has 0 unspecified atom stereocenters. The Morgan fingerprint density at radius 3 is 2.80 bits per heavy atom. The van der Waals surface area contributed by atoms with Crippen LogP contribution in [0.2, 0.25) is 0 Å². The summed E-state index contributed by atoms with van der Waals surface area (Å²) in [4.78, 5) is 13.9. The largest absolute Gasteiger partial charge is 0.383 e. The lowest BCUT2D eigenvalue weighted by molar-refractivity contribution is 0.0414. The van der Waals surface area contributed by atoms with Crippen molar-refractivity contribution in [2.24, 2.45) is 0 Å². The predicted octanol–water partition coefficient (Wildman–Crippen LogP) is 1.72. The molecule has 1 amide bonds. The van der Waals surface area contributed by atoms with Crippen molar-refractivity contribution in [3.05, 3.63) is 53.4 Å². The Kier molecular flexibility index (Phi) is 3.06. The van der Waals surface area contributed by atoms with Gasteiger partial charge in [-0.15, -0.1) is 0 Å². The topological polar surface area (TPSA) is 66.6 Å². The number of aryl methyl sites for hydroxylation is 1. The van der Waals surface area contributed by atoms with Crippen molar-refractivity contribution in [3.63, 3.8) is 0 Å². The third-order valence-corrected chi connectivity index (χ3v) is 3.69. The van der Waals surface area contributed by atoms with Crippen LogP contribution in [0, 0.1) is 6.92 Å². The highest BCUT2D eigenvalue weighted by Gasteiger charge is 2.40. The van der Waals surface area contributed by atoms with Crippen molar-refractivity contribution >= 4 is 5.91 Å². The van der Waals surface area contributed by atoms with Crippen LogP contribution in [0.15, 0.2) is 40.9 Å². The van der Waals surface area contributed by atoms with Crippen LogP contribution < -0.4 is 0 Å². The Balaban J connectivity index is 1.78. The van der Waals surface area contributed by atoms with Gasteiger partial charge in [-0.1, -0.05) is 35.5 Å². The first-order valence-electron chi connectivity index (χ1n) is 6.59. The van der Waals surface area contributed by atoms with E-state index in [0.29, 0.717) is 24.4 Å². The summed E-state index contributed by atoms with van der Waals surface area (Å²) >= 11 is 0. The summed E-state index contributed by atoms with van der Waals surface area (Å²) in [6, 6.07) is 11.1. The number of β-amino-alcohol motifs (C(OH)–C–C–N with tert-alkyl or cyclic N) is 1. The maximum absolute atomic E-state index is 12.3. The molecule has 5 heteroatoms. The molecule has 0 spiro atoms. The summed E-state index contributed by atoms with van der Waals surface area (Å²) in [5.74, 6) is 0.402. The summed E-state index contributed by atoms with van der Waals surface area (Å²) in [6.45, 7) is 2.53. The smallest absolute Gasteiger partial charge is 0.276 e. The molecule has 1 aromatic carbocycles. The Bertz CT molecular complexity index is 623. The predicted molar refractivity (Wildman–Crippen MR) is 72.1 cm³/mol. The lowest BCUT2D eigenvalue weighted by atomic mass is 9.93. The van der Waals surface area contributed by atoms with Gasteiger partial charge in [0, 0.05) is 12.6 Å². The molecule has 1 saturated heterocycles. The van der Waals surface area contributed by atoms with Crippen LogP contribution in [0.1, 0.15) is 28.2 Å².